The highest BCUT2D eigenvalue weighted by molar-refractivity contribution is 5.85. The molecule has 170 valence electrons. The number of halogens is 2. The number of nitrogens with zero attached hydrogens (tertiary/aromatic N) is 1. The van der Waals surface area contributed by atoms with Crippen molar-refractivity contribution in [2.24, 2.45) is 0 Å². The molecule has 0 saturated heterocycles. The molecule has 0 aliphatic heterocycles. The molecule has 0 radical (unpaired) electrons. The van der Waals surface area contributed by atoms with Crippen molar-refractivity contribution in [1.82, 2.24) is 15.3 Å². The zero-order valence-electron chi connectivity index (χ0n) is 17.9. The second-order valence-corrected chi connectivity index (χ2v) is 7.16. The van der Waals surface area contributed by atoms with Crippen LogP contribution in [0.4, 0.5) is 5.69 Å². The second-order valence-electron chi connectivity index (χ2n) is 7.16. The number of aromatic nitrogens is 2. The summed E-state index contributed by atoms with van der Waals surface area (Å²) in [4.78, 5) is 18.9. The summed E-state index contributed by atoms with van der Waals surface area (Å²) >= 11 is 0. The number of aliphatic hydroxyl groups excluding tert-OH is 1. The van der Waals surface area contributed by atoms with Gasteiger partial charge in [-0.3, -0.25) is 4.79 Å². The normalized spacial score (nSPS) is 11.4. The first-order valence-electron chi connectivity index (χ1n) is 9.77. The summed E-state index contributed by atoms with van der Waals surface area (Å²) < 4.78 is 5.72. The van der Waals surface area contributed by atoms with Crippen molar-refractivity contribution in [3.05, 3.63) is 63.6 Å². The first kappa shape index (κ1) is 26.7. The second kappa shape index (κ2) is 12.5. The van der Waals surface area contributed by atoms with E-state index in [1.54, 1.807) is 13.0 Å². The topological polar surface area (TPSA) is 99.3 Å². The van der Waals surface area contributed by atoms with Crippen molar-refractivity contribution < 1.29 is 9.84 Å². The number of H-pyrrole nitrogens is 1. The van der Waals surface area contributed by atoms with Crippen molar-refractivity contribution in [1.29, 1.82) is 0 Å². The van der Waals surface area contributed by atoms with Gasteiger partial charge in [-0.15, -0.1) is 24.8 Å². The summed E-state index contributed by atoms with van der Waals surface area (Å²) in [5.74, 6) is 0.503. The van der Waals surface area contributed by atoms with Gasteiger partial charge in [0, 0.05) is 25.3 Å². The lowest BCUT2D eigenvalue weighted by atomic mass is 10.1. The molecule has 1 atom stereocenters. The summed E-state index contributed by atoms with van der Waals surface area (Å²) in [5, 5.41) is 16.8. The van der Waals surface area contributed by atoms with Gasteiger partial charge in [-0.1, -0.05) is 24.3 Å². The molecular weight excluding hydrogens is 439 g/mol. The summed E-state index contributed by atoms with van der Waals surface area (Å²) in [6.07, 6.45) is -0.671. The van der Waals surface area contributed by atoms with Crippen molar-refractivity contribution in [2.75, 3.05) is 31.6 Å². The molecule has 0 aliphatic carbocycles. The Kier molecular flexibility index (Phi) is 10.8. The minimum atomic E-state index is -0.671. The Hall–Kier alpha value is -2.32. The van der Waals surface area contributed by atoms with Crippen LogP contribution in [0, 0.1) is 20.8 Å². The molecule has 2 aromatic carbocycles. The zero-order valence-corrected chi connectivity index (χ0v) is 19.5. The average molecular weight is 469 g/mol. The van der Waals surface area contributed by atoms with E-state index in [4.69, 9.17) is 4.74 Å². The van der Waals surface area contributed by atoms with E-state index in [0.717, 1.165) is 18.8 Å². The van der Waals surface area contributed by atoms with Crippen LogP contribution in [-0.4, -0.2) is 47.4 Å². The number of fused-ring (bicyclic) bond motifs is 1. The number of aromatic amines is 1. The van der Waals surface area contributed by atoms with E-state index < -0.39 is 6.10 Å². The fraction of sp³-hybridized carbons (Fsp3) is 0.364. The molecule has 7 nitrogen and oxygen atoms in total. The van der Waals surface area contributed by atoms with E-state index in [9.17, 15) is 9.90 Å². The molecule has 4 N–H and O–H groups in total. The van der Waals surface area contributed by atoms with E-state index >= 15 is 0 Å². The lowest BCUT2D eigenvalue weighted by Crippen LogP contribution is -2.34. The highest BCUT2D eigenvalue weighted by Gasteiger charge is 2.10. The number of nitrogens with one attached hydrogen (secondary N) is 3. The van der Waals surface area contributed by atoms with Crippen LogP contribution in [-0.2, 0) is 0 Å². The van der Waals surface area contributed by atoms with Crippen LogP contribution < -0.4 is 20.9 Å². The standard InChI is InChI=1S/C22H28N4O3.2ClH/c1-14-6-4-7-15(2)20(14)24-11-10-23-12-17(27)13-29-19-9-5-8-18-21(19)26-22(28)16(3)25-18;;/h4-9,17,23-24,27H,10-13H2,1-3H3,(H,26,28);2*1H. The minimum absolute atomic E-state index is 0. The van der Waals surface area contributed by atoms with Crippen molar-refractivity contribution in [3.63, 3.8) is 0 Å². The molecule has 1 unspecified atom stereocenters. The first-order valence-corrected chi connectivity index (χ1v) is 9.77. The van der Waals surface area contributed by atoms with Crippen molar-refractivity contribution in [2.45, 2.75) is 26.9 Å². The Labute approximate surface area is 194 Å². The van der Waals surface area contributed by atoms with Crippen LogP contribution in [0.15, 0.2) is 41.2 Å². The van der Waals surface area contributed by atoms with Crippen LogP contribution in [0.2, 0.25) is 0 Å². The third kappa shape index (κ3) is 7.11. The van der Waals surface area contributed by atoms with Gasteiger partial charge in [-0.2, -0.15) is 0 Å². The molecule has 0 bridgehead atoms. The van der Waals surface area contributed by atoms with Gasteiger partial charge < -0.3 is 25.5 Å². The van der Waals surface area contributed by atoms with Crippen LogP contribution in [0.3, 0.4) is 0 Å². The number of aliphatic hydroxyl groups is 1. The average Bonchev–Trinajstić information content (AvgIpc) is 2.69. The van der Waals surface area contributed by atoms with Gasteiger partial charge in [0.1, 0.15) is 29.7 Å². The quantitative estimate of drug-likeness (QED) is 0.360. The number of hydrogen-bond donors (Lipinski definition) is 4. The predicted octanol–water partition coefficient (Wildman–Crippen LogP) is 3.13. The molecule has 0 aliphatic rings. The molecule has 0 amide bonds. The summed E-state index contributed by atoms with van der Waals surface area (Å²) in [6, 6.07) is 11.6. The van der Waals surface area contributed by atoms with Gasteiger partial charge in [-0.25, -0.2) is 4.98 Å². The number of anilines is 1. The molecule has 1 heterocycles. The number of aryl methyl sites for hydroxylation is 3. The van der Waals surface area contributed by atoms with Gasteiger partial charge in [0.15, 0.2) is 0 Å². The largest absolute Gasteiger partial charge is 0.489 e. The first-order chi connectivity index (χ1) is 14.0. The molecule has 0 spiro atoms. The lowest BCUT2D eigenvalue weighted by Gasteiger charge is -2.16. The minimum Gasteiger partial charge on any atom is -0.489 e. The molecule has 3 aromatic rings. The maximum absolute atomic E-state index is 11.8. The monoisotopic (exact) mass is 468 g/mol. The van der Waals surface area contributed by atoms with E-state index in [2.05, 4.69) is 46.6 Å². The fourth-order valence-electron chi connectivity index (χ4n) is 3.18. The Balaban J connectivity index is 0.00000240. The van der Waals surface area contributed by atoms with Gasteiger partial charge >= 0.3 is 0 Å². The van der Waals surface area contributed by atoms with Crippen LogP contribution in [0.5, 0.6) is 5.75 Å². The highest BCUT2D eigenvalue weighted by Crippen LogP contribution is 2.21. The Morgan fingerprint density at radius 2 is 1.74 bits per heavy atom. The van der Waals surface area contributed by atoms with Crippen LogP contribution >= 0.6 is 24.8 Å². The summed E-state index contributed by atoms with van der Waals surface area (Å²) in [5.41, 5.74) is 4.96. The summed E-state index contributed by atoms with van der Waals surface area (Å²) in [7, 11) is 0. The van der Waals surface area contributed by atoms with Crippen molar-refractivity contribution in [3.8, 4) is 5.75 Å². The molecule has 31 heavy (non-hydrogen) atoms. The third-order valence-corrected chi connectivity index (χ3v) is 4.76. The molecule has 0 fully saturated rings. The molecular formula is C22H30Cl2N4O3. The van der Waals surface area contributed by atoms with Gasteiger partial charge in [0.25, 0.3) is 5.56 Å². The van der Waals surface area contributed by atoms with Crippen LogP contribution in [0.25, 0.3) is 11.0 Å². The predicted molar refractivity (Wildman–Crippen MR) is 130 cm³/mol. The van der Waals surface area contributed by atoms with E-state index in [1.165, 1.54) is 11.1 Å². The molecule has 3 rings (SSSR count). The summed E-state index contributed by atoms with van der Waals surface area (Å²) in [6.45, 7) is 7.84. The van der Waals surface area contributed by atoms with Crippen molar-refractivity contribution >= 4 is 41.5 Å². The number of ether oxygens (including phenoxy) is 1. The maximum Gasteiger partial charge on any atom is 0.269 e. The third-order valence-electron chi connectivity index (χ3n) is 4.76. The van der Waals surface area contributed by atoms with Gasteiger partial charge in [0.2, 0.25) is 0 Å². The number of hydrogen-bond acceptors (Lipinski definition) is 6. The van der Waals surface area contributed by atoms with Gasteiger partial charge in [-0.05, 0) is 44.0 Å². The van der Waals surface area contributed by atoms with Gasteiger partial charge in [0.05, 0.1) is 5.52 Å². The lowest BCUT2D eigenvalue weighted by molar-refractivity contribution is 0.107. The Bertz CT molecular complexity index is 1020. The van der Waals surface area contributed by atoms with Crippen LogP contribution in [0.1, 0.15) is 16.8 Å². The fourth-order valence-corrected chi connectivity index (χ4v) is 3.18. The number of rotatable bonds is 9. The molecule has 0 saturated carbocycles. The van der Waals surface area contributed by atoms with E-state index in [-0.39, 0.29) is 37.0 Å². The maximum atomic E-state index is 11.8. The Morgan fingerprint density at radius 3 is 2.45 bits per heavy atom. The van der Waals surface area contributed by atoms with E-state index in [1.807, 2.05) is 18.2 Å². The SMILES string of the molecule is Cc1cccc(C)c1NCCNCC(O)COc1cccc2nc(C)c(=O)[nH]c12.Cl.Cl. The highest BCUT2D eigenvalue weighted by atomic mass is 35.5. The molecule has 1 aromatic heterocycles. The zero-order chi connectivity index (χ0) is 20.8. The number of benzene rings is 2. The Morgan fingerprint density at radius 1 is 1.06 bits per heavy atom. The molecule has 9 heteroatoms. The number of para-hydroxylation sites is 2. The van der Waals surface area contributed by atoms with E-state index in [0.29, 0.717) is 29.0 Å². The smallest absolute Gasteiger partial charge is 0.269 e.